The fraction of sp³-hybridized carbons (Fsp3) is 0.154. The van der Waals surface area contributed by atoms with E-state index in [1.165, 1.54) is 0 Å². The largest absolute Gasteiger partial charge is 0.485 e. The highest BCUT2D eigenvalue weighted by molar-refractivity contribution is 7.15. The van der Waals surface area contributed by atoms with Crippen molar-refractivity contribution in [3.8, 4) is 5.75 Å². The fourth-order valence-electron chi connectivity index (χ4n) is 1.83. The lowest BCUT2D eigenvalue weighted by atomic mass is 10.2. The van der Waals surface area contributed by atoms with E-state index in [1.54, 1.807) is 29.5 Å². The molecular weight excluding hydrogens is 284 g/mol. The normalized spacial score (nSPS) is 11.1. The molecule has 3 rings (SSSR count). The van der Waals surface area contributed by atoms with Gasteiger partial charge in [-0.15, -0.1) is 11.3 Å². The molecule has 0 amide bonds. The second kappa shape index (κ2) is 5.21. The minimum absolute atomic E-state index is 0.103. The maximum absolute atomic E-state index is 9.26. The predicted molar refractivity (Wildman–Crippen MR) is 74.8 cm³/mol. The van der Waals surface area contributed by atoms with Gasteiger partial charge < -0.3 is 9.84 Å². The number of rotatable bonds is 4. The van der Waals surface area contributed by atoms with Crippen LogP contribution in [0.3, 0.4) is 0 Å². The zero-order valence-corrected chi connectivity index (χ0v) is 11.5. The third-order valence-corrected chi connectivity index (χ3v) is 3.79. The van der Waals surface area contributed by atoms with Gasteiger partial charge in [0.05, 0.1) is 17.3 Å². The van der Waals surface area contributed by atoms with E-state index in [0.29, 0.717) is 22.9 Å². The smallest absolute Gasteiger partial charge is 0.193 e. The Balaban J connectivity index is 1.80. The third kappa shape index (κ3) is 2.45. The van der Waals surface area contributed by atoms with Crippen LogP contribution in [0.5, 0.6) is 5.75 Å². The van der Waals surface area contributed by atoms with Gasteiger partial charge in [0.25, 0.3) is 0 Å². The van der Waals surface area contributed by atoms with E-state index in [0.717, 1.165) is 10.7 Å². The van der Waals surface area contributed by atoms with Gasteiger partial charge in [-0.3, -0.25) is 4.40 Å². The summed E-state index contributed by atoms with van der Waals surface area (Å²) in [6.45, 7) is 0.222. The number of nitrogens with zero attached hydrogens (tertiary/aromatic N) is 2. The van der Waals surface area contributed by atoms with Gasteiger partial charge in [0.15, 0.2) is 4.96 Å². The Labute approximate surface area is 118 Å². The number of benzene rings is 1. The summed E-state index contributed by atoms with van der Waals surface area (Å²) in [5.74, 6) is 0.517. The van der Waals surface area contributed by atoms with Crippen LogP contribution in [0.15, 0.2) is 36.0 Å². The summed E-state index contributed by atoms with van der Waals surface area (Å²) in [6.07, 6.45) is 3.87. The molecule has 2 aromatic heterocycles. The van der Waals surface area contributed by atoms with Crippen molar-refractivity contribution in [2.24, 2.45) is 0 Å². The Kier molecular flexibility index (Phi) is 3.42. The number of fused-ring (bicyclic) bond motifs is 1. The van der Waals surface area contributed by atoms with Gasteiger partial charge in [0.2, 0.25) is 0 Å². The Morgan fingerprint density at radius 2 is 2.32 bits per heavy atom. The summed E-state index contributed by atoms with van der Waals surface area (Å²) in [5, 5.41) is 11.7. The first-order valence-corrected chi connectivity index (χ1v) is 6.96. The van der Waals surface area contributed by atoms with Crippen LogP contribution in [0.1, 0.15) is 11.3 Å². The van der Waals surface area contributed by atoms with Crippen LogP contribution < -0.4 is 4.74 Å². The van der Waals surface area contributed by atoms with Gasteiger partial charge in [-0.05, 0) is 6.07 Å². The van der Waals surface area contributed by atoms with Crippen LogP contribution in [-0.2, 0) is 13.2 Å². The fourth-order valence-corrected chi connectivity index (χ4v) is 2.80. The lowest BCUT2D eigenvalue weighted by molar-refractivity contribution is 0.258. The number of halogens is 1. The van der Waals surface area contributed by atoms with E-state index in [2.05, 4.69) is 4.98 Å². The molecule has 0 fully saturated rings. The standard InChI is InChI=1S/C13H11ClN2O2S/c14-11-3-1-2-9(7-17)12(11)18-8-10-6-16-4-5-19-13(16)15-10/h1-6,17H,7-8H2. The highest BCUT2D eigenvalue weighted by Gasteiger charge is 2.09. The second-order valence-electron chi connectivity index (χ2n) is 4.00. The van der Waals surface area contributed by atoms with Crippen molar-refractivity contribution in [1.82, 2.24) is 9.38 Å². The van der Waals surface area contributed by atoms with Crippen molar-refractivity contribution < 1.29 is 9.84 Å². The summed E-state index contributed by atoms with van der Waals surface area (Å²) < 4.78 is 7.63. The van der Waals surface area contributed by atoms with E-state index in [4.69, 9.17) is 16.3 Å². The monoisotopic (exact) mass is 294 g/mol. The molecule has 0 spiro atoms. The predicted octanol–water partition coefficient (Wildman–Crippen LogP) is 3.12. The minimum atomic E-state index is -0.103. The number of aliphatic hydroxyl groups is 1. The molecule has 0 unspecified atom stereocenters. The van der Waals surface area contributed by atoms with E-state index < -0.39 is 0 Å². The molecule has 0 radical (unpaired) electrons. The Morgan fingerprint density at radius 3 is 3.11 bits per heavy atom. The molecule has 2 heterocycles. The average Bonchev–Trinajstić information content (AvgIpc) is 2.97. The Bertz CT molecular complexity index is 679. The van der Waals surface area contributed by atoms with Gasteiger partial charge in [-0.25, -0.2) is 4.98 Å². The van der Waals surface area contributed by atoms with Crippen LogP contribution in [-0.4, -0.2) is 14.5 Å². The van der Waals surface area contributed by atoms with E-state index in [9.17, 15) is 5.11 Å². The van der Waals surface area contributed by atoms with Crippen LogP contribution in [0.25, 0.3) is 4.96 Å². The van der Waals surface area contributed by atoms with Crippen LogP contribution in [0.2, 0.25) is 5.02 Å². The molecule has 4 nitrogen and oxygen atoms in total. The number of para-hydroxylation sites is 1. The molecule has 0 aliphatic heterocycles. The maximum Gasteiger partial charge on any atom is 0.193 e. The summed E-state index contributed by atoms with van der Waals surface area (Å²) in [7, 11) is 0. The molecule has 98 valence electrons. The van der Waals surface area contributed by atoms with E-state index in [-0.39, 0.29) is 6.61 Å². The molecule has 19 heavy (non-hydrogen) atoms. The van der Waals surface area contributed by atoms with Gasteiger partial charge in [-0.1, -0.05) is 23.7 Å². The van der Waals surface area contributed by atoms with Crippen LogP contribution in [0, 0.1) is 0 Å². The Hall–Kier alpha value is -1.56. The quantitative estimate of drug-likeness (QED) is 0.804. The summed E-state index contributed by atoms with van der Waals surface area (Å²) >= 11 is 7.64. The number of hydrogen-bond donors (Lipinski definition) is 1. The first kappa shape index (κ1) is 12.5. The first-order valence-electron chi connectivity index (χ1n) is 5.70. The molecule has 1 N–H and O–H groups in total. The molecule has 1 aromatic carbocycles. The van der Waals surface area contributed by atoms with Crippen LogP contribution >= 0.6 is 22.9 Å². The molecule has 0 aliphatic carbocycles. The number of thiazole rings is 1. The van der Waals surface area contributed by atoms with Gasteiger partial charge in [-0.2, -0.15) is 0 Å². The highest BCUT2D eigenvalue weighted by Crippen LogP contribution is 2.29. The number of ether oxygens (including phenoxy) is 1. The molecule has 3 aromatic rings. The molecule has 0 bridgehead atoms. The van der Waals surface area contributed by atoms with E-state index in [1.807, 2.05) is 22.2 Å². The first-order chi connectivity index (χ1) is 9.28. The molecule has 0 aliphatic rings. The zero-order valence-electron chi connectivity index (χ0n) is 9.91. The van der Waals surface area contributed by atoms with Crippen molar-refractivity contribution in [3.05, 3.63) is 52.3 Å². The molecule has 6 heteroatoms. The minimum Gasteiger partial charge on any atom is -0.485 e. The molecular formula is C13H11ClN2O2S. The van der Waals surface area contributed by atoms with Crippen molar-refractivity contribution in [2.75, 3.05) is 0 Å². The van der Waals surface area contributed by atoms with Crippen molar-refractivity contribution in [3.63, 3.8) is 0 Å². The lowest BCUT2D eigenvalue weighted by Gasteiger charge is -2.10. The average molecular weight is 295 g/mol. The number of aliphatic hydroxyl groups excluding tert-OH is 1. The van der Waals surface area contributed by atoms with Crippen molar-refractivity contribution in [2.45, 2.75) is 13.2 Å². The van der Waals surface area contributed by atoms with Crippen molar-refractivity contribution in [1.29, 1.82) is 0 Å². The van der Waals surface area contributed by atoms with Crippen molar-refractivity contribution >= 4 is 27.9 Å². The summed E-state index contributed by atoms with van der Waals surface area (Å²) in [6, 6.07) is 5.31. The summed E-state index contributed by atoms with van der Waals surface area (Å²) in [4.78, 5) is 5.35. The number of hydrogen-bond acceptors (Lipinski definition) is 4. The Morgan fingerprint density at radius 1 is 1.42 bits per heavy atom. The summed E-state index contributed by atoms with van der Waals surface area (Å²) in [5.41, 5.74) is 1.50. The number of imidazole rings is 1. The second-order valence-corrected chi connectivity index (χ2v) is 5.28. The van der Waals surface area contributed by atoms with Gasteiger partial charge in [0.1, 0.15) is 12.4 Å². The topological polar surface area (TPSA) is 46.8 Å². The SMILES string of the molecule is OCc1cccc(Cl)c1OCc1cn2ccsc2n1. The van der Waals surface area contributed by atoms with Crippen LogP contribution in [0.4, 0.5) is 0 Å². The van der Waals surface area contributed by atoms with Gasteiger partial charge in [0, 0.05) is 23.3 Å². The maximum atomic E-state index is 9.26. The molecule has 0 atom stereocenters. The highest BCUT2D eigenvalue weighted by atomic mass is 35.5. The molecule has 0 saturated heterocycles. The third-order valence-electron chi connectivity index (χ3n) is 2.73. The molecule has 0 saturated carbocycles. The van der Waals surface area contributed by atoms with E-state index >= 15 is 0 Å². The van der Waals surface area contributed by atoms with Gasteiger partial charge >= 0.3 is 0 Å². The lowest BCUT2D eigenvalue weighted by Crippen LogP contribution is -1.99. The zero-order chi connectivity index (χ0) is 13.2. The number of aromatic nitrogens is 2.